The Balaban J connectivity index is 2.78. The van der Waals surface area contributed by atoms with Crippen molar-refractivity contribution in [3.8, 4) is 0 Å². The zero-order chi connectivity index (χ0) is 12.1. The van der Waals surface area contributed by atoms with Gasteiger partial charge in [-0.05, 0) is 12.1 Å². The molecule has 0 aliphatic heterocycles. The van der Waals surface area contributed by atoms with E-state index in [4.69, 9.17) is 0 Å². The van der Waals surface area contributed by atoms with E-state index in [0.29, 0.717) is 12.2 Å². The Kier molecular flexibility index (Phi) is 4.49. The second-order valence-corrected chi connectivity index (χ2v) is 4.62. The predicted octanol–water partition coefficient (Wildman–Crippen LogP) is 2.10. The van der Waals surface area contributed by atoms with Gasteiger partial charge in [0.25, 0.3) is 5.91 Å². The van der Waals surface area contributed by atoms with Gasteiger partial charge in [-0.1, -0.05) is 22.5 Å². The molecule has 0 aliphatic carbocycles. The van der Waals surface area contributed by atoms with E-state index in [1.165, 1.54) is 4.90 Å². The van der Waals surface area contributed by atoms with Crippen LogP contribution in [0.3, 0.4) is 0 Å². The first-order valence-electron chi connectivity index (χ1n) is 4.75. The maximum Gasteiger partial charge on any atom is 0.272 e. The van der Waals surface area contributed by atoms with Gasteiger partial charge in [-0.3, -0.25) is 9.78 Å². The van der Waals surface area contributed by atoms with Crippen molar-refractivity contribution in [2.24, 2.45) is 0 Å². The Hall–Kier alpha value is -1.36. The van der Waals surface area contributed by atoms with Gasteiger partial charge in [0.1, 0.15) is 5.69 Å². The van der Waals surface area contributed by atoms with Gasteiger partial charge in [0.2, 0.25) is 0 Å². The summed E-state index contributed by atoms with van der Waals surface area (Å²) in [6.07, 6.45) is 1.61. The molecule has 5 heteroatoms. The molecule has 1 N–H and O–H groups in total. The lowest BCUT2D eigenvalue weighted by atomic mass is 10.3. The number of amides is 1. The molecule has 1 aromatic rings. The van der Waals surface area contributed by atoms with Crippen molar-refractivity contribution in [2.45, 2.75) is 0 Å². The molecule has 16 heavy (non-hydrogen) atoms. The van der Waals surface area contributed by atoms with Crippen LogP contribution in [-0.2, 0) is 0 Å². The Morgan fingerprint density at radius 2 is 2.31 bits per heavy atom. The number of anilines is 1. The quantitative estimate of drug-likeness (QED) is 0.921. The predicted molar refractivity (Wildman–Crippen MR) is 68.8 cm³/mol. The number of nitrogens with one attached hydrogen (secondary N) is 1. The number of rotatable bonds is 4. The summed E-state index contributed by atoms with van der Waals surface area (Å²) in [5.74, 6) is -0.110. The van der Waals surface area contributed by atoms with Crippen molar-refractivity contribution in [3.05, 3.63) is 35.1 Å². The molecule has 0 aliphatic rings. The highest BCUT2D eigenvalue weighted by atomic mass is 79.9. The minimum atomic E-state index is -0.110. The Morgan fingerprint density at radius 1 is 1.62 bits per heavy atom. The molecule has 1 rings (SSSR count). The third kappa shape index (κ3) is 3.66. The second-order valence-electron chi connectivity index (χ2n) is 3.50. The molecule has 1 amide bonds. The maximum atomic E-state index is 11.6. The number of hydrogen-bond acceptors (Lipinski definition) is 3. The van der Waals surface area contributed by atoms with Gasteiger partial charge in [0.15, 0.2) is 0 Å². The fourth-order valence-corrected chi connectivity index (χ4v) is 1.22. The maximum absolute atomic E-state index is 11.6. The molecule has 0 saturated carbocycles. The van der Waals surface area contributed by atoms with E-state index in [0.717, 1.165) is 10.2 Å². The van der Waals surface area contributed by atoms with Crippen molar-refractivity contribution < 1.29 is 4.79 Å². The highest BCUT2D eigenvalue weighted by molar-refractivity contribution is 9.11. The van der Waals surface area contributed by atoms with Crippen LogP contribution in [0, 0.1) is 0 Å². The minimum Gasteiger partial charge on any atom is -0.380 e. The summed E-state index contributed by atoms with van der Waals surface area (Å²) < 4.78 is 0.852. The second kappa shape index (κ2) is 5.65. The average Bonchev–Trinajstić information content (AvgIpc) is 2.25. The first-order valence-corrected chi connectivity index (χ1v) is 5.55. The van der Waals surface area contributed by atoms with Crippen LogP contribution >= 0.6 is 15.9 Å². The van der Waals surface area contributed by atoms with Crippen LogP contribution in [-0.4, -0.2) is 36.4 Å². The molecule has 86 valence electrons. The number of nitrogens with zero attached hydrogens (tertiary/aromatic N) is 2. The summed E-state index contributed by atoms with van der Waals surface area (Å²) in [7, 11) is 3.40. The van der Waals surface area contributed by atoms with Crippen LogP contribution in [0.25, 0.3) is 0 Å². The zero-order valence-corrected chi connectivity index (χ0v) is 10.9. The molecule has 0 unspecified atom stereocenters. The number of pyridine rings is 1. The normalized spacial score (nSPS) is 9.69. The number of carbonyl (C=O) groups excluding carboxylic acids is 1. The molecule has 0 radical (unpaired) electrons. The topological polar surface area (TPSA) is 45.2 Å². The van der Waals surface area contributed by atoms with E-state index in [1.807, 2.05) is 6.07 Å². The first kappa shape index (κ1) is 12.7. The highest BCUT2D eigenvalue weighted by Gasteiger charge is 2.09. The average molecular weight is 284 g/mol. The molecule has 1 heterocycles. The van der Waals surface area contributed by atoms with Crippen LogP contribution in [0.15, 0.2) is 29.4 Å². The largest absolute Gasteiger partial charge is 0.380 e. The van der Waals surface area contributed by atoms with E-state index >= 15 is 0 Å². The lowest BCUT2D eigenvalue weighted by Gasteiger charge is -2.11. The number of carbonyl (C=O) groups is 1. The van der Waals surface area contributed by atoms with Gasteiger partial charge in [-0.15, -0.1) is 0 Å². The zero-order valence-electron chi connectivity index (χ0n) is 9.33. The standard InChI is InChI=1S/C11H14BrN3O/c1-8(12)7-14-9-4-5-13-10(6-9)11(16)15(2)3/h4-6H,1,7H2,2-3H3,(H,13,14). The van der Waals surface area contributed by atoms with E-state index in [-0.39, 0.29) is 5.91 Å². The van der Waals surface area contributed by atoms with Gasteiger partial charge in [-0.25, -0.2) is 0 Å². The van der Waals surface area contributed by atoms with E-state index in [2.05, 4.69) is 32.8 Å². The Morgan fingerprint density at radius 3 is 2.88 bits per heavy atom. The third-order valence-electron chi connectivity index (χ3n) is 1.87. The van der Waals surface area contributed by atoms with Crippen LogP contribution in [0.4, 0.5) is 5.69 Å². The van der Waals surface area contributed by atoms with Gasteiger partial charge in [0, 0.05) is 37.0 Å². The van der Waals surface area contributed by atoms with Crippen molar-refractivity contribution in [1.29, 1.82) is 0 Å². The lowest BCUT2D eigenvalue weighted by molar-refractivity contribution is 0.0822. The minimum absolute atomic E-state index is 0.110. The SMILES string of the molecule is C=C(Br)CNc1ccnc(C(=O)N(C)C)c1. The molecule has 0 fully saturated rings. The number of hydrogen-bond donors (Lipinski definition) is 1. The first-order chi connectivity index (χ1) is 7.50. The lowest BCUT2D eigenvalue weighted by Crippen LogP contribution is -2.22. The molecule has 0 spiro atoms. The smallest absolute Gasteiger partial charge is 0.272 e. The number of aromatic nitrogens is 1. The third-order valence-corrected chi connectivity index (χ3v) is 2.15. The van der Waals surface area contributed by atoms with E-state index in [1.54, 1.807) is 26.4 Å². The molecule has 0 atom stereocenters. The fraction of sp³-hybridized carbons (Fsp3) is 0.273. The summed E-state index contributed by atoms with van der Waals surface area (Å²) in [4.78, 5) is 17.2. The van der Waals surface area contributed by atoms with Crippen molar-refractivity contribution in [2.75, 3.05) is 26.0 Å². The van der Waals surface area contributed by atoms with Gasteiger partial charge in [0.05, 0.1) is 0 Å². The van der Waals surface area contributed by atoms with E-state index in [9.17, 15) is 4.79 Å². The summed E-state index contributed by atoms with van der Waals surface area (Å²) in [6, 6.07) is 3.53. The molecule has 0 saturated heterocycles. The fourth-order valence-electron chi connectivity index (χ4n) is 1.08. The Bertz CT molecular complexity index is 404. The van der Waals surface area contributed by atoms with Crippen LogP contribution in [0.1, 0.15) is 10.5 Å². The molecular weight excluding hydrogens is 270 g/mol. The molecular formula is C11H14BrN3O. The molecule has 0 aromatic carbocycles. The summed E-state index contributed by atoms with van der Waals surface area (Å²) in [6.45, 7) is 4.33. The van der Waals surface area contributed by atoms with E-state index < -0.39 is 0 Å². The van der Waals surface area contributed by atoms with Gasteiger partial charge < -0.3 is 10.2 Å². The van der Waals surface area contributed by atoms with Crippen LogP contribution in [0.5, 0.6) is 0 Å². The van der Waals surface area contributed by atoms with Crippen LogP contribution in [0.2, 0.25) is 0 Å². The molecule has 1 aromatic heterocycles. The summed E-state index contributed by atoms with van der Waals surface area (Å²) in [5, 5.41) is 3.12. The number of halogens is 1. The highest BCUT2D eigenvalue weighted by Crippen LogP contribution is 2.11. The summed E-state index contributed by atoms with van der Waals surface area (Å²) in [5.41, 5.74) is 1.27. The van der Waals surface area contributed by atoms with Gasteiger partial charge in [-0.2, -0.15) is 0 Å². The van der Waals surface area contributed by atoms with Gasteiger partial charge >= 0.3 is 0 Å². The van der Waals surface area contributed by atoms with Crippen LogP contribution < -0.4 is 5.32 Å². The molecule has 0 bridgehead atoms. The Labute approximate surface area is 103 Å². The van der Waals surface area contributed by atoms with Crippen molar-refractivity contribution in [1.82, 2.24) is 9.88 Å². The monoisotopic (exact) mass is 283 g/mol. The summed E-state index contributed by atoms with van der Waals surface area (Å²) >= 11 is 3.25. The molecule has 4 nitrogen and oxygen atoms in total. The van der Waals surface area contributed by atoms with Crippen molar-refractivity contribution in [3.63, 3.8) is 0 Å². The van der Waals surface area contributed by atoms with Crippen molar-refractivity contribution >= 4 is 27.5 Å².